The van der Waals surface area contributed by atoms with E-state index in [1.165, 1.54) is 11.8 Å². The number of rotatable bonds is 7. The van der Waals surface area contributed by atoms with E-state index in [2.05, 4.69) is 26.7 Å². The van der Waals surface area contributed by atoms with Gasteiger partial charge in [0.15, 0.2) is 28.6 Å². The van der Waals surface area contributed by atoms with Crippen molar-refractivity contribution < 1.29 is 14.3 Å². The SMILES string of the molecule is C=CCn1c(SCC(=O)N2CCN(c3ccccn3)CC2)nnc1[C@H]1COc2ccccc2O1. The highest BCUT2D eigenvalue weighted by atomic mass is 32.2. The van der Waals surface area contributed by atoms with Crippen LogP contribution in [0, 0.1) is 0 Å². The standard InChI is InChI=1S/C24H26N6O3S/c1-2-11-30-23(20-16-32-18-7-3-4-8-19(18)33-20)26-27-24(30)34-17-22(31)29-14-12-28(13-15-29)21-9-5-6-10-25-21/h2-10,20H,1,11-17H2/t20-/m1/s1. The van der Waals surface area contributed by atoms with Crippen LogP contribution in [0.25, 0.3) is 0 Å². The van der Waals surface area contributed by atoms with Crippen LogP contribution in [0.5, 0.6) is 11.5 Å². The van der Waals surface area contributed by atoms with E-state index in [1.54, 1.807) is 12.3 Å². The van der Waals surface area contributed by atoms with E-state index in [0.717, 1.165) is 24.7 Å². The number of thioether (sulfide) groups is 1. The Morgan fingerprint density at radius 3 is 2.65 bits per heavy atom. The minimum atomic E-state index is -0.382. The van der Waals surface area contributed by atoms with Gasteiger partial charge in [-0.15, -0.1) is 16.8 Å². The topological polar surface area (TPSA) is 85.6 Å². The smallest absolute Gasteiger partial charge is 0.233 e. The van der Waals surface area contributed by atoms with Crippen LogP contribution in [0.1, 0.15) is 11.9 Å². The maximum absolute atomic E-state index is 12.9. The number of fused-ring (bicyclic) bond motifs is 1. The zero-order valence-corrected chi connectivity index (χ0v) is 19.6. The summed E-state index contributed by atoms with van der Waals surface area (Å²) in [6, 6.07) is 13.4. The van der Waals surface area contributed by atoms with E-state index >= 15 is 0 Å². The molecule has 4 heterocycles. The molecule has 5 rings (SSSR count). The normalized spacial score (nSPS) is 17.5. The molecule has 3 aromatic rings. The van der Waals surface area contributed by atoms with Crippen LogP contribution < -0.4 is 14.4 Å². The van der Waals surface area contributed by atoms with Crippen molar-refractivity contribution >= 4 is 23.5 Å². The van der Waals surface area contributed by atoms with E-state index < -0.39 is 0 Å². The largest absolute Gasteiger partial charge is 0.485 e. The maximum atomic E-state index is 12.9. The highest BCUT2D eigenvalue weighted by Gasteiger charge is 2.29. The molecule has 1 amide bonds. The lowest BCUT2D eigenvalue weighted by atomic mass is 10.2. The second-order valence-electron chi connectivity index (χ2n) is 7.95. The molecule has 0 bridgehead atoms. The van der Waals surface area contributed by atoms with Crippen molar-refractivity contribution in [2.24, 2.45) is 0 Å². The molecule has 0 saturated carbocycles. The number of aromatic nitrogens is 4. The molecule has 2 aliphatic rings. The molecular formula is C24H26N6O3S. The maximum Gasteiger partial charge on any atom is 0.233 e. The minimum Gasteiger partial charge on any atom is -0.485 e. The third-order valence-electron chi connectivity index (χ3n) is 5.78. The van der Waals surface area contributed by atoms with Crippen molar-refractivity contribution in [2.75, 3.05) is 43.4 Å². The van der Waals surface area contributed by atoms with Crippen LogP contribution in [0.3, 0.4) is 0 Å². The summed E-state index contributed by atoms with van der Waals surface area (Å²) in [7, 11) is 0. The number of anilines is 1. The lowest BCUT2D eigenvalue weighted by Gasteiger charge is -2.35. The van der Waals surface area contributed by atoms with Crippen LogP contribution in [0.2, 0.25) is 0 Å². The Morgan fingerprint density at radius 2 is 1.88 bits per heavy atom. The molecule has 0 N–H and O–H groups in total. The Hall–Kier alpha value is -3.53. The molecule has 10 heteroatoms. The van der Waals surface area contributed by atoms with Gasteiger partial charge >= 0.3 is 0 Å². The number of para-hydroxylation sites is 2. The summed E-state index contributed by atoms with van der Waals surface area (Å²) < 4.78 is 13.9. The van der Waals surface area contributed by atoms with Crippen molar-refractivity contribution in [2.45, 2.75) is 17.8 Å². The summed E-state index contributed by atoms with van der Waals surface area (Å²) >= 11 is 1.38. The lowest BCUT2D eigenvalue weighted by molar-refractivity contribution is -0.128. The van der Waals surface area contributed by atoms with Crippen LogP contribution in [0.4, 0.5) is 5.82 Å². The van der Waals surface area contributed by atoms with Gasteiger partial charge in [0, 0.05) is 38.9 Å². The molecule has 1 saturated heterocycles. The van der Waals surface area contributed by atoms with Crippen molar-refractivity contribution in [3.8, 4) is 11.5 Å². The first-order valence-electron chi connectivity index (χ1n) is 11.2. The molecule has 0 unspecified atom stereocenters. The number of hydrogen-bond donors (Lipinski definition) is 0. The fraction of sp³-hybridized carbons (Fsp3) is 0.333. The average molecular weight is 479 g/mol. The molecule has 0 radical (unpaired) electrons. The molecule has 0 spiro atoms. The fourth-order valence-electron chi connectivity index (χ4n) is 4.04. The van der Waals surface area contributed by atoms with E-state index in [0.29, 0.717) is 48.7 Å². The predicted octanol–water partition coefficient (Wildman–Crippen LogP) is 2.81. The first-order chi connectivity index (χ1) is 16.7. The van der Waals surface area contributed by atoms with Gasteiger partial charge in [-0.05, 0) is 24.3 Å². The quantitative estimate of drug-likeness (QED) is 0.379. The Balaban J connectivity index is 1.20. The number of benzene rings is 1. The predicted molar refractivity (Wildman–Crippen MR) is 129 cm³/mol. The van der Waals surface area contributed by atoms with Gasteiger partial charge in [0.2, 0.25) is 5.91 Å². The van der Waals surface area contributed by atoms with Crippen molar-refractivity contribution in [3.63, 3.8) is 0 Å². The zero-order chi connectivity index (χ0) is 23.3. The first kappa shape index (κ1) is 22.3. The lowest BCUT2D eigenvalue weighted by Crippen LogP contribution is -2.49. The van der Waals surface area contributed by atoms with E-state index in [4.69, 9.17) is 9.47 Å². The molecule has 176 valence electrons. The number of hydrogen-bond acceptors (Lipinski definition) is 8. The van der Waals surface area contributed by atoms with Crippen molar-refractivity contribution in [3.05, 3.63) is 67.1 Å². The second kappa shape index (κ2) is 10.2. The number of nitrogens with zero attached hydrogens (tertiary/aromatic N) is 6. The van der Waals surface area contributed by atoms with Gasteiger partial charge in [0.05, 0.1) is 5.75 Å². The summed E-state index contributed by atoms with van der Waals surface area (Å²) in [6.07, 6.45) is 3.19. The highest BCUT2D eigenvalue weighted by molar-refractivity contribution is 7.99. The molecule has 1 aromatic carbocycles. The summed E-state index contributed by atoms with van der Waals surface area (Å²) in [5.41, 5.74) is 0. The molecule has 9 nitrogen and oxygen atoms in total. The Bertz CT molecular complexity index is 1150. The van der Waals surface area contributed by atoms with Gasteiger partial charge in [-0.25, -0.2) is 4.98 Å². The van der Waals surface area contributed by atoms with Gasteiger partial charge < -0.3 is 19.3 Å². The Labute approximate surface area is 202 Å². The molecule has 1 fully saturated rings. The van der Waals surface area contributed by atoms with Crippen molar-refractivity contribution in [1.29, 1.82) is 0 Å². The van der Waals surface area contributed by atoms with E-state index in [1.807, 2.05) is 51.9 Å². The van der Waals surface area contributed by atoms with Crippen molar-refractivity contribution in [1.82, 2.24) is 24.6 Å². The minimum absolute atomic E-state index is 0.0894. The summed E-state index contributed by atoms with van der Waals surface area (Å²) in [4.78, 5) is 21.4. The molecular weight excluding hydrogens is 452 g/mol. The third kappa shape index (κ3) is 4.72. The first-order valence-corrected chi connectivity index (χ1v) is 12.2. The number of carbonyl (C=O) groups is 1. The highest BCUT2D eigenvalue weighted by Crippen LogP contribution is 2.36. The van der Waals surface area contributed by atoms with E-state index in [-0.39, 0.29) is 12.0 Å². The molecule has 2 aliphatic heterocycles. The van der Waals surface area contributed by atoms with Gasteiger partial charge in [-0.1, -0.05) is 36.0 Å². The second-order valence-corrected chi connectivity index (χ2v) is 8.89. The van der Waals surface area contributed by atoms with Crippen LogP contribution in [0.15, 0.2) is 66.5 Å². The van der Waals surface area contributed by atoms with Crippen LogP contribution in [-0.4, -0.2) is 69.1 Å². The number of pyridine rings is 1. The van der Waals surface area contributed by atoms with Crippen LogP contribution in [-0.2, 0) is 11.3 Å². The van der Waals surface area contributed by atoms with E-state index in [9.17, 15) is 4.79 Å². The monoisotopic (exact) mass is 478 g/mol. The number of amides is 1. The number of allylic oxidation sites excluding steroid dienone is 1. The molecule has 2 aromatic heterocycles. The summed E-state index contributed by atoms with van der Waals surface area (Å²) in [5.74, 6) is 3.40. The van der Waals surface area contributed by atoms with Crippen LogP contribution >= 0.6 is 11.8 Å². The van der Waals surface area contributed by atoms with Gasteiger partial charge in [-0.3, -0.25) is 9.36 Å². The number of carbonyl (C=O) groups excluding carboxylic acids is 1. The number of ether oxygens (including phenoxy) is 2. The zero-order valence-electron chi connectivity index (χ0n) is 18.7. The number of piperazine rings is 1. The molecule has 34 heavy (non-hydrogen) atoms. The third-order valence-corrected chi connectivity index (χ3v) is 6.74. The molecule has 1 atom stereocenters. The fourth-order valence-corrected chi connectivity index (χ4v) is 4.89. The van der Waals surface area contributed by atoms with Gasteiger partial charge in [0.25, 0.3) is 0 Å². The van der Waals surface area contributed by atoms with Gasteiger partial charge in [0.1, 0.15) is 12.4 Å². The Kier molecular flexibility index (Phi) is 6.66. The average Bonchev–Trinajstić information content (AvgIpc) is 3.30. The molecule has 0 aliphatic carbocycles. The Morgan fingerprint density at radius 1 is 1.09 bits per heavy atom. The summed E-state index contributed by atoms with van der Waals surface area (Å²) in [5, 5.41) is 9.37. The summed E-state index contributed by atoms with van der Waals surface area (Å²) in [6.45, 7) is 7.60. The van der Waals surface area contributed by atoms with Gasteiger partial charge in [-0.2, -0.15) is 0 Å².